The maximum Gasteiger partial charge on any atom is 0.220 e. The van der Waals surface area contributed by atoms with Gasteiger partial charge in [-0.2, -0.15) is 0 Å². The molecule has 116 valence electrons. The standard InChI is InChI=1S/C16H31N3O/c1-12(11-15-5-3-2-4-10-18-15)19-14-8-6-13(7-9-14)16(17)20/h12-15,18-19H,2-11H2,1H3,(H2,17,20). The third-order valence-corrected chi connectivity index (χ3v) is 4.95. The number of rotatable bonds is 5. The van der Waals surface area contributed by atoms with Crippen molar-refractivity contribution in [3.8, 4) is 0 Å². The van der Waals surface area contributed by atoms with Crippen LogP contribution in [0.5, 0.6) is 0 Å². The van der Waals surface area contributed by atoms with Gasteiger partial charge in [0.2, 0.25) is 5.91 Å². The third-order valence-electron chi connectivity index (χ3n) is 4.95. The first-order chi connectivity index (χ1) is 9.65. The molecule has 1 heterocycles. The van der Waals surface area contributed by atoms with E-state index in [2.05, 4.69) is 17.6 Å². The quantitative estimate of drug-likeness (QED) is 0.721. The van der Waals surface area contributed by atoms with Gasteiger partial charge in [0.25, 0.3) is 0 Å². The molecular weight excluding hydrogens is 250 g/mol. The van der Waals surface area contributed by atoms with Crippen molar-refractivity contribution in [3.05, 3.63) is 0 Å². The second-order valence-corrected chi connectivity index (χ2v) is 6.75. The van der Waals surface area contributed by atoms with Gasteiger partial charge in [-0.25, -0.2) is 0 Å². The molecule has 0 aromatic heterocycles. The molecule has 4 N–H and O–H groups in total. The lowest BCUT2D eigenvalue weighted by molar-refractivity contribution is -0.122. The molecule has 1 saturated carbocycles. The molecule has 1 amide bonds. The minimum absolute atomic E-state index is 0.112. The predicted molar refractivity (Wildman–Crippen MR) is 82.4 cm³/mol. The molecule has 2 rings (SSSR count). The van der Waals surface area contributed by atoms with Crippen LogP contribution in [0.1, 0.15) is 64.7 Å². The van der Waals surface area contributed by atoms with Crippen LogP contribution in [0, 0.1) is 5.92 Å². The monoisotopic (exact) mass is 281 g/mol. The average Bonchev–Trinajstić information content (AvgIpc) is 2.68. The van der Waals surface area contributed by atoms with Crippen LogP contribution < -0.4 is 16.4 Å². The molecule has 0 aromatic rings. The predicted octanol–water partition coefficient (Wildman–Crippen LogP) is 1.93. The highest BCUT2D eigenvalue weighted by Crippen LogP contribution is 2.24. The highest BCUT2D eigenvalue weighted by Gasteiger charge is 2.25. The fourth-order valence-electron chi connectivity index (χ4n) is 3.74. The Hall–Kier alpha value is -0.610. The highest BCUT2D eigenvalue weighted by atomic mass is 16.1. The van der Waals surface area contributed by atoms with Crippen molar-refractivity contribution >= 4 is 5.91 Å². The molecule has 2 aliphatic rings. The van der Waals surface area contributed by atoms with Crippen LogP contribution in [0.4, 0.5) is 0 Å². The Bertz CT molecular complexity index is 292. The summed E-state index contributed by atoms with van der Waals surface area (Å²) < 4.78 is 0. The summed E-state index contributed by atoms with van der Waals surface area (Å²) in [5, 5.41) is 7.42. The smallest absolute Gasteiger partial charge is 0.220 e. The summed E-state index contributed by atoms with van der Waals surface area (Å²) in [6, 6.07) is 1.81. The Morgan fingerprint density at radius 2 is 1.95 bits per heavy atom. The van der Waals surface area contributed by atoms with Crippen molar-refractivity contribution in [1.29, 1.82) is 0 Å². The molecule has 1 aliphatic carbocycles. The van der Waals surface area contributed by atoms with Gasteiger partial charge in [0, 0.05) is 24.0 Å². The van der Waals surface area contributed by atoms with Crippen LogP contribution in [-0.2, 0) is 4.79 Å². The number of nitrogens with two attached hydrogens (primary N) is 1. The summed E-state index contributed by atoms with van der Waals surface area (Å²) in [5.74, 6) is 0.00559. The molecule has 1 saturated heterocycles. The Labute approximate surface area is 123 Å². The SMILES string of the molecule is CC(CC1CCCCCN1)NC1CCC(C(N)=O)CC1. The second-order valence-electron chi connectivity index (χ2n) is 6.75. The van der Waals surface area contributed by atoms with Gasteiger partial charge < -0.3 is 16.4 Å². The number of hydrogen-bond donors (Lipinski definition) is 3. The normalized spacial score (nSPS) is 33.4. The van der Waals surface area contributed by atoms with Crippen molar-refractivity contribution < 1.29 is 4.79 Å². The fraction of sp³-hybridized carbons (Fsp3) is 0.938. The van der Waals surface area contributed by atoms with E-state index in [-0.39, 0.29) is 11.8 Å². The van der Waals surface area contributed by atoms with E-state index in [0.717, 1.165) is 25.7 Å². The van der Waals surface area contributed by atoms with Crippen molar-refractivity contribution in [2.24, 2.45) is 11.7 Å². The Balaban J connectivity index is 1.66. The van der Waals surface area contributed by atoms with E-state index < -0.39 is 0 Å². The molecule has 0 spiro atoms. The number of amides is 1. The number of primary amides is 1. The van der Waals surface area contributed by atoms with E-state index in [1.807, 2.05) is 0 Å². The van der Waals surface area contributed by atoms with E-state index in [1.54, 1.807) is 0 Å². The van der Waals surface area contributed by atoms with Gasteiger partial charge in [0.15, 0.2) is 0 Å². The Morgan fingerprint density at radius 1 is 1.20 bits per heavy atom. The fourth-order valence-corrected chi connectivity index (χ4v) is 3.74. The highest BCUT2D eigenvalue weighted by molar-refractivity contribution is 5.76. The van der Waals surface area contributed by atoms with Gasteiger partial charge in [0.1, 0.15) is 0 Å². The van der Waals surface area contributed by atoms with Gasteiger partial charge in [-0.3, -0.25) is 4.79 Å². The number of carbonyl (C=O) groups excluding carboxylic acids is 1. The zero-order valence-corrected chi connectivity index (χ0v) is 12.9. The zero-order chi connectivity index (χ0) is 14.4. The van der Waals surface area contributed by atoms with Crippen LogP contribution in [0.3, 0.4) is 0 Å². The minimum Gasteiger partial charge on any atom is -0.369 e. The number of carbonyl (C=O) groups is 1. The lowest BCUT2D eigenvalue weighted by Gasteiger charge is -2.31. The van der Waals surface area contributed by atoms with E-state index in [9.17, 15) is 4.79 Å². The third kappa shape index (κ3) is 5.06. The zero-order valence-electron chi connectivity index (χ0n) is 12.9. The van der Waals surface area contributed by atoms with Crippen LogP contribution >= 0.6 is 0 Å². The molecule has 0 aromatic carbocycles. The van der Waals surface area contributed by atoms with Gasteiger partial charge in [0.05, 0.1) is 0 Å². The summed E-state index contributed by atoms with van der Waals surface area (Å²) in [6.07, 6.45) is 10.7. The first-order valence-electron chi connectivity index (χ1n) is 8.44. The maximum absolute atomic E-state index is 11.2. The first-order valence-corrected chi connectivity index (χ1v) is 8.44. The molecule has 0 bridgehead atoms. The van der Waals surface area contributed by atoms with Crippen LogP contribution in [-0.4, -0.2) is 30.6 Å². The largest absolute Gasteiger partial charge is 0.369 e. The van der Waals surface area contributed by atoms with E-state index in [0.29, 0.717) is 18.1 Å². The summed E-state index contributed by atoms with van der Waals surface area (Å²) in [4.78, 5) is 11.2. The summed E-state index contributed by atoms with van der Waals surface area (Å²) in [7, 11) is 0. The molecule has 2 fully saturated rings. The average molecular weight is 281 g/mol. The maximum atomic E-state index is 11.2. The molecule has 0 radical (unpaired) electrons. The van der Waals surface area contributed by atoms with Gasteiger partial charge >= 0.3 is 0 Å². The van der Waals surface area contributed by atoms with Crippen molar-refractivity contribution in [1.82, 2.24) is 10.6 Å². The van der Waals surface area contributed by atoms with Gasteiger partial charge in [-0.1, -0.05) is 12.8 Å². The molecule has 4 heteroatoms. The molecule has 2 unspecified atom stereocenters. The summed E-state index contributed by atoms with van der Waals surface area (Å²) in [5.41, 5.74) is 5.38. The molecule has 1 aliphatic heterocycles. The van der Waals surface area contributed by atoms with E-state index in [4.69, 9.17) is 5.73 Å². The molecular formula is C16H31N3O. The topological polar surface area (TPSA) is 67.2 Å². The number of nitrogens with one attached hydrogen (secondary N) is 2. The van der Waals surface area contributed by atoms with Crippen molar-refractivity contribution in [2.45, 2.75) is 82.8 Å². The van der Waals surface area contributed by atoms with Gasteiger partial charge in [-0.15, -0.1) is 0 Å². The van der Waals surface area contributed by atoms with Crippen molar-refractivity contribution in [2.75, 3.05) is 6.54 Å². The summed E-state index contributed by atoms with van der Waals surface area (Å²) in [6.45, 7) is 3.48. The Morgan fingerprint density at radius 3 is 2.65 bits per heavy atom. The minimum atomic E-state index is -0.112. The lowest BCUT2D eigenvalue weighted by atomic mass is 9.85. The van der Waals surface area contributed by atoms with Gasteiger partial charge in [-0.05, 0) is 58.4 Å². The Kier molecular flexibility index (Phi) is 6.30. The van der Waals surface area contributed by atoms with Crippen LogP contribution in [0.15, 0.2) is 0 Å². The lowest BCUT2D eigenvalue weighted by Crippen LogP contribution is -2.43. The molecule has 4 nitrogen and oxygen atoms in total. The summed E-state index contributed by atoms with van der Waals surface area (Å²) >= 11 is 0. The second kappa shape index (κ2) is 7.99. The van der Waals surface area contributed by atoms with Crippen LogP contribution in [0.2, 0.25) is 0 Å². The van der Waals surface area contributed by atoms with E-state index >= 15 is 0 Å². The van der Waals surface area contributed by atoms with E-state index in [1.165, 1.54) is 38.6 Å². The molecule has 2 atom stereocenters. The first kappa shape index (κ1) is 15.8. The molecule has 20 heavy (non-hydrogen) atoms. The van der Waals surface area contributed by atoms with Crippen LogP contribution in [0.25, 0.3) is 0 Å². The number of hydrogen-bond acceptors (Lipinski definition) is 3. The van der Waals surface area contributed by atoms with Crippen molar-refractivity contribution in [3.63, 3.8) is 0 Å².